The lowest BCUT2D eigenvalue weighted by atomic mass is 9.98. The van der Waals surface area contributed by atoms with Crippen LogP contribution in [-0.4, -0.2) is 44.9 Å². The van der Waals surface area contributed by atoms with Crippen molar-refractivity contribution in [1.29, 1.82) is 0 Å². The first-order valence-corrected chi connectivity index (χ1v) is 10.7. The number of hydrogen-bond donors (Lipinski definition) is 5. The Kier molecular flexibility index (Phi) is 6.49. The summed E-state index contributed by atoms with van der Waals surface area (Å²) in [6, 6.07) is 12.3. The number of carboxylic acids is 1. The summed E-state index contributed by atoms with van der Waals surface area (Å²) < 4.78 is 7.88. The number of carbonyl (C=O) groups is 2. The molecule has 0 spiro atoms. The van der Waals surface area contributed by atoms with Gasteiger partial charge in [0.2, 0.25) is 5.91 Å². The largest absolute Gasteiger partial charge is 0.479 e. The molecule has 166 valence electrons. The van der Waals surface area contributed by atoms with Crippen molar-refractivity contribution in [2.75, 3.05) is 23.8 Å². The third-order valence-electron chi connectivity index (χ3n) is 5.05. The summed E-state index contributed by atoms with van der Waals surface area (Å²) in [5, 5.41) is 21.1. The van der Waals surface area contributed by atoms with Crippen LogP contribution in [0.15, 0.2) is 42.5 Å². The molecule has 32 heavy (non-hydrogen) atoms. The van der Waals surface area contributed by atoms with Gasteiger partial charge in [0.05, 0.1) is 5.69 Å². The summed E-state index contributed by atoms with van der Waals surface area (Å²) in [4.78, 5) is 24.2. The molecule has 1 aliphatic rings. The summed E-state index contributed by atoms with van der Waals surface area (Å²) in [6.45, 7) is 0.481. The molecule has 2 aromatic carbocycles. The minimum absolute atomic E-state index is 0.395. The molecule has 0 fully saturated rings. The van der Waals surface area contributed by atoms with Gasteiger partial charge in [-0.25, -0.2) is 4.79 Å². The molecule has 1 aromatic heterocycles. The van der Waals surface area contributed by atoms with Crippen LogP contribution in [0, 0.1) is 9.54 Å². The van der Waals surface area contributed by atoms with Gasteiger partial charge in [0.15, 0.2) is 15.6 Å². The van der Waals surface area contributed by atoms with Crippen molar-refractivity contribution in [3.8, 4) is 5.69 Å². The van der Waals surface area contributed by atoms with Gasteiger partial charge < -0.3 is 20.5 Å². The highest BCUT2D eigenvalue weighted by molar-refractivity contribution is 7.72. The number of amides is 1. The van der Waals surface area contributed by atoms with E-state index in [-0.39, 0.29) is 0 Å². The number of nitrogens with zero attached hydrogens (tertiary/aromatic N) is 1. The lowest BCUT2D eigenvalue weighted by Crippen LogP contribution is -2.24. The molecule has 11 heteroatoms. The Labute approximate surface area is 193 Å². The molecule has 0 saturated heterocycles. The number of anilines is 2. The fraction of sp³-hybridized carbons (Fsp3) is 0.238. The number of ether oxygens (including phenoxy) is 1. The second-order valence-electron chi connectivity index (χ2n) is 7.27. The van der Waals surface area contributed by atoms with E-state index in [1.807, 2.05) is 12.1 Å². The van der Waals surface area contributed by atoms with Crippen LogP contribution in [0.2, 0.25) is 0 Å². The molecule has 3 aromatic rings. The van der Waals surface area contributed by atoms with E-state index in [1.165, 1.54) is 0 Å². The van der Waals surface area contributed by atoms with Crippen molar-refractivity contribution in [2.45, 2.75) is 18.9 Å². The van der Waals surface area contributed by atoms with Crippen molar-refractivity contribution < 1.29 is 19.4 Å². The summed E-state index contributed by atoms with van der Waals surface area (Å²) in [5.74, 6) is -1.63. The van der Waals surface area contributed by atoms with Gasteiger partial charge in [0.25, 0.3) is 0 Å². The van der Waals surface area contributed by atoms with Gasteiger partial charge in [-0.2, -0.15) is 0 Å². The van der Waals surface area contributed by atoms with Crippen molar-refractivity contribution in [2.24, 2.45) is 0 Å². The number of benzene rings is 2. The van der Waals surface area contributed by atoms with Crippen LogP contribution >= 0.6 is 24.4 Å². The zero-order valence-corrected chi connectivity index (χ0v) is 18.5. The van der Waals surface area contributed by atoms with Crippen LogP contribution in [0.5, 0.6) is 0 Å². The summed E-state index contributed by atoms with van der Waals surface area (Å²) in [6.07, 6.45) is 0.611. The third-order valence-corrected chi connectivity index (χ3v) is 5.62. The van der Waals surface area contributed by atoms with Gasteiger partial charge in [-0.15, -0.1) is 0 Å². The molecule has 0 saturated carbocycles. The molecule has 2 heterocycles. The summed E-state index contributed by atoms with van der Waals surface area (Å²) in [5.41, 5.74) is 3.73. The highest BCUT2D eigenvalue weighted by Gasteiger charge is 2.23. The number of carbonyl (C=O) groups excluding carboxylic acids is 1. The van der Waals surface area contributed by atoms with Crippen LogP contribution in [-0.2, 0) is 20.7 Å². The maximum atomic E-state index is 12.4. The maximum absolute atomic E-state index is 12.4. The average molecular weight is 472 g/mol. The van der Waals surface area contributed by atoms with E-state index in [4.69, 9.17) is 29.2 Å². The summed E-state index contributed by atoms with van der Waals surface area (Å²) >= 11 is 10.4. The van der Waals surface area contributed by atoms with Gasteiger partial charge in [-0.1, -0.05) is 18.2 Å². The number of aromatic nitrogens is 3. The first kappa shape index (κ1) is 21.9. The van der Waals surface area contributed by atoms with Gasteiger partial charge >= 0.3 is 5.97 Å². The van der Waals surface area contributed by atoms with Gasteiger partial charge in [-0.05, 0) is 72.7 Å². The minimum atomic E-state index is -1.24. The molecule has 1 atom stereocenters. The maximum Gasteiger partial charge on any atom is 0.337 e. The Hall–Kier alpha value is -3.28. The van der Waals surface area contributed by atoms with Gasteiger partial charge in [0.1, 0.15) is 6.61 Å². The SMILES string of the molecule is O=C(COC(C(=O)O)c1ccc2c(c1)CCCN2)Nc1cccc(-n2c(=S)[nH][nH]c2=S)c1. The van der Waals surface area contributed by atoms with E-state index in [2.05, 4.69) is 20.8 Å². The quantitative estimate of drug-likeness (QED) is 0.333. The predicted molar refractivity (Wildman–Crippen MR) is 124 cm³/mol. The first-order chi connectivity index (χ1) is 15.4. The van der Waals surface area contributed by atoms with E-state index in [1.54, 1.807) is 34.9 Å². The molecule has 1 aliphatic heterocycles. The molecular formula is C21H21N5O4S2. The lowest BCUT2D eigenvalue weighted by Gasteiger charge is -2.21. The number of H-pyrrole nitrogens is 2. The zero-order chi connectivity index (χ0) is 22.7. The fourth-order valence-electron chi connectivity index (χ4n) is 3.59. The monoisotopic (exact) mass is 471 g/mol. The van der Waals surface area contributed by atoms with E-state index in [9.17, 15) is 14.7 Å². The van der Waals surface area contributed by atoms with Crippen LogP contribution in [0.1, 0.15) is 23.7 Å². The van der Waals surface area contributed by atoms with Gasteiger partial charge in [-0.3, -0.25) is 19.6 Å². The Morgan fingerprint density at radius 2 is 1.94 bits per heavy atom. The molecule has 5 N–H and O–H groups in total. The topological polar surface area (TPSA) is 124 Å². The molecule has 0 radical (unpaired) electrons. The van der Waals surface area contributed by atoms with E-state index in [0.29, 0.717) is 26.5 Å². The molecule has 1 unspecified atom stereocenters. The Morgan fingerprint density at radius 1 is 1.16 bits per heavy atom. The summed E-state index contributed by atoms with van der Waals surface area (Å²) in [7, 11) is 0. The Bertz CT molecular complexity index is 1250. The Morgan fingerprint density at radius 3 is 2.69 bits per heavy atom. The van der Waals surface area contributed by atoms with Crippen molar-refractivity contribution in [3.05, 3.63) is 63.1 Å². The van der Waals surface area contributed by atoms with E-state index < -0.39 is 24.6 Å². The van der Waals surface area contributed by atoms with E-state index >= 15 is 0 Å². The van der Waals surface area contributed by atoms with Crippen molar-refractivity contribution in [3.63, 3.8) is 0 Å². The second kappa shape index (κ2) is 9.47. The Balaban J connectivity index is 1.44. The highest BCUT2D eigenvalue weighted by atomic mass is 32.1. The second-order valence-corrected chi connectivity index (χ2v) is 8.04. The molecule has 9 nitrogen and oxygen atoms in total. The average Bonchev–Trinajstić information content (AvgIpc) is 3.11. The van der Waals surface area contributed by atoms with Crippen LogP contribution in [0.25, 0.3) is 5.69 Å². The number of fused-ring (bicyclic) bond motifs is 1. The predicted octanol–water partition coefficient (Wildman–Crippen LogP) is 3.73. The molecule has 0 aliphatic carbocycles. The lowest BCUT2D eigenvalue weighted by molar-refractivity contribution is -0.152. The van der Waals surface area contributed by atoms with Crippen LogP contribution < -0.4 is 10.6 Å². The van der Waals surface area contributed by atoms with Crippen LogP contribution in [0.4, 0.5) is 11.4 Å². The number of rotatable bonds is 7. The fourth-order valence-corrected chi connectivity index (χ4v) is 4.15. The number of aliphatic carboxylic acids is 1. The number of aryl methyl sites for hydroxylation is 1. The zero-order valence-electron chi connectivity index (χ0n) is 16.9. The van der Waals surface area contributed by atoms with E-state index in [0.717, 1.165) is 30.6 Å². The molecular weight excluding hydrogens is 450 g/mol. The van der Waals surface area contributed by atoms with Crippen molar-refractivity contribution in [1.82, 2.24) is 14.8 Å². The highest BCUT2D eigenvalue weighted by Crippen LogP contribution is 2.27. The first-order valence-electron chi connectivity index (χ1n) is 9.93. The minimum Gasteiger partial charge on any atom is -0.479 e. The van der Waals surface area contributed by atoms with Crippen molar-refractivity contribution >= 4 is 47.7 Å². The van der Waals surface area contributed by atoms with Crippen LogP contribution in [0.3, 0.4) is 0 Å². The normalized spacial score (nSPS) is 13.6. The third kappa shape index (κ3) is 4.79. The molecule has 4 rings (SSSR count). The number of carboxylic acid groups (broad SMARTS) is 1. The van der Waals surface area contributed by atoms with Gasteiger partial charge in [0, 0.05) is 17.9 Å². The number of hydrogen-bond acceptors (Lipinski definition) is 6. The number of aromatic amines is 2. The standard InChI is InChI=1S/C21H21N5O4S2/c27-17(23-14-4-1-5-15(10-14)26-20(31)24-25-21(26)32)11-30-18(19(28)29)13-6-7-16-12(9-13)3-2-8-22-16/h1,4-7,9-10,18,22H,2-3,8,11H2,(H,23,27)(H,24,31)(H,25,32)(H,28,29). The smallest absolute Gasteiger partial charge is 0.337 e. The molecule has 0 bridgehead atoms. The number of nitrogens with one attached hydrogen (secondary N) is 4. The molecule has 1 amide bonds.